The average Bonchev–Trinajstić information content (AvgIpc) is 2.38. The molecule has 2 nitrogen and oxygen atoms in total. The van der Waals surface area contributed by atoms with Gasteiger partial charge in [-0.3, -0.25) is 0 Å². The van der Waals surface area contributed by atoms with Crippen molar-refractivity contribution < 1.29 is 9.84 Å². The molecule has 1 aliphatic carbocycles. The minimum atomic E-state index is -0.397. The summed E-state index contributed by atoms with van der Waals surface area (Å²) in [6.45, 7) is 6.70. The summed E-state index contributed by atoms with van der Waals surface area (Å²) in [5.41, 5.74) is 2.56. The van der Waals surface area contributed by atoms with Gasteiger partial charge in [0, 0.05) is 5.56 Å². The molecule has 1 fully saturated rings. The van der Waals surface area contributed by atoms with Crippen LogP contribution in [-0.4, -0.2) is 12.2 Å². The van der Waals surface area contributed by atoms with E-state index in [4.69, 9.17) is 4.74 Å². The quantitative estimate of drug-likeness (QED) is 0.882. The molecule has 106 valence electrons. The Kier molecular flexibility index (Phi) is 4.19. The monoisotopic (exact) mass is 262 g/mol. The summed E-state index contributed by atoms with van der Waals surface area (Å²) in [7, 11) is 1.67. The van der Waals surface area contributed by atoms with Crippen LogP contribution in [0.5, 0.6) is 5.75 Å². The SMILES string of the molecule is COc1ccc(C)cc1C(O)C1CCC(C)(C)CC1. The van der Waals surface area contributed by atoms with E-state index < -0.39 is 6.10 Å². The van der Waals surface area contributed by atoms with Crippen LogP contribution in [0.4, 0.5) is 0 Å². The second-order valence-electron chi connectivity index (χ2n) is 6.69. The van der Waals surface area contributed by atoms with E-state index in [1.54, 1.807) is 7.11 Å². The first-order valence-electron chi connectivity index (χ1n) is 7.25. The number of benzene rings is 1. The minimum absolute atomic E-state index is 0.365. The Morgan fingerprint density at radius 3 is 2.47 bits per heavy atom. The number of hydrogen-bond acceptors (Lipinski definition) is 2. The first kappa shape index (κ1) is 14.4. The zero-order chi connectivity index (χ0) is 14.0. The van der Waals surface area contributed by atoms with E-state index in [1.165, 1.54) is 18.4 Å². The van der Waals surface area contributed by atoms with Gasteiger partial charge in [0.25, 0.3) is 0 Å². The van der Waals surface area contributed by atoms with Gasteiger partial charge < -0.3 is 9.84 Å². The van der Waals surface area contributed by atoms with Crippen molar-refractivity contribution in [1.29, 1.82) is 0 Å². The largest absolute Gasteiger partial charge is 0.496 e. The molecular formula is C17H26O2. The zero-order valence-electron chi connectivity index (χ0n) is 12.6. The van der Waals surface area contributed by atoms with Crippen LogP contribution < -0.4 is 4.74 Å². The van der Waals surface area contributed by atoms with E-state index in [2.05, 4.69) is 26.8 Å². The predicted octanol–water partition coefficient (Wildman–Crippen LogP) is 4.25. The van der Waals surface area contributed by atoms with Gasteiger partial charge in [0.05, 0.1) is 13.2 Å². The molecule has 0 bridgehead atoms. The van der Waals surface area contributed by atoms with E-state index in [0.29, 0.717) is 11.3 Å². The number of aliphatic hydroxyl groups excluding tert-OH is 1. The Bertz CT molecular complexity index is 427. The molecule has 1 N–H and O–H groups in total. The van der Waals surface area contributed by atoms with Gasteiger partial charge in [0.15, 0.2) is 0 Å². The van der Waals surface area contributed by atoms with Crippen molar-refractivity contribution in [3.05, 3.63) is 29.3 Å². The summed E-state index contributed by atoms with van der Waals surface area (Å²) in [6, 6.07) is 6.04. The molecule has 19 heavy (non-hydrogen) atoms. The first-order valence-corrected chi connectivity index (χ1v) is 7.25. The fraction of sp³-hybridized carbons (Fsp3) is 0.647. The van der Waals surface area contributed by atoms with Crippen LogP contribution in [0.15, 0.2) is 18.2 Å². The van der Waals surface area contributed by atoms with Crippen molar-refractivity contribution in [2.45, 2.75) is 52.6 Å². The lowest BCUT2D eigenvalue weighted by Gasteiger charge is -2.36. The van der Waals surface area contributed by atoms with Gasteiger partial charge in [-0.2, -0.15) is 0 Å². The number of rotatable bonds is 3. The van der Waals surface area contributed by atoms with Crippen molar-refractivity contribution >= 4 is 0 Å². The Morgan fingerprint density at radius 2 is 1.89 bits per heavy atom. The highest BCUT2D eigenvalue weighted by Gasteiger charge is 2.32. The van der Waals surface area contributed by atoms with Crippen molar-refractivity contribution in [1.82, 2.24) is 0 Å². The Hall–Kier alpha value is -1.02. The lowest BCUT2D eigenvalue weighted by Crippen LogP contribution is -2.25. The summed E-state index contributed by atoms with van der Waals surface area (Å²) < 4.78 is 5.39. The third-order valence-electron chi connectivity index (χ3n) is 4.53. The highest BCUT2D eigenvalue weighted by Crippen LogP contribution is 2.44. The van der Waals surface area contributed by atoms with Crippen LogP contribution in [0.3, 0.4) is 0 Å². The van der Waals surface area contributed by atoms with E-state index >= 15 is 0 Å². The van der Waals surface area contributed by atoms with E-state index in [1.807, 2.05) is 12.1 Å². The zero-order valence-corrected chi connectivity index (χ0v) is 12.6. The van der Waals surface area contributed by atoms with Crippen molar-refractivity contribution in [3.63, 3.8) is 0 Å². The fourth-order valence-corrected chi connectivity index (χ4v) is 3.08. The first-order chi connectivity index (χ1) is 8.93. The number of hydrogen-bond donors (Lipinski definition) is 1. The molecule has 0 spiro atoms. The van der Waals surface area contributed by atoms with Gasteiger partial charge in [0.2, 0.25) is 0 Å². The maximum absolute atomic E-state index is 10.7. The molecular weight excluding hydrogens is 236 g/mol. The van der Waals surface area contributed by atoms with Gasteiger partial charge in [-0.15, -0.1) is 0 Å². The van der Waals surface area contributed by atoms with Crippen molar-refractivity contribution in [2.24, 2.45) is 11.3 Å². The molecule has 1 aromatic rings. The molecule has 1 atom stereocenters. The summed E-state index contributed by atoms with van der Waals surface area (Å²) in [5, 5.41) is 10.7. The van der Waals surface area contributed by atoms with Crippen LogP contribution in [0, 0.1) is 18.3 Å². The number of aryl methyl sites for hydroxylation is 1. The molecule has 0 aromatic heterocycles. The molecule has 1 aliphatic rings. The molecule has 0 heterocycles. The van der Waals surface area contributed by atoms with Gasteiger partial charge in [-0.05, 0) is 56.1 Å². The minimum Gasteiger partial charge on any atom is -0.496 e. The third kappa shape index (κ3) is 3.30. The summed E-state index contributed by atoms with van der Waals surface area (Å²) in [5.74, 6) is 1.17. The highest BCUT2D eigenvalue weighted by atomic mass is 16.5. The molecule has 0 aliphatic heterocycles. The normalized spacial score (nSPS) is 21.1. The summed E-state index contributed by atoms with van der Waals surface area (Å²) >= 11 is 0. The van der Waals surface area contributed by atoms with E-state index in [0.717, 1.165) is 24.2 Å². The maximum atomic E-state index is 10.7. The summed E-state index contributed by atoms with van der Waals surface area (Å²) in [6.07, 6.45) is 4.20. The van der Waals surface area contributed by atoms with Gasteiger partial charge >= 0.3 is 0 Å². The predicted molar refractivity (Wildman–Crippen MR) is 78.4 cm³/mol. The maximum Gasteiger partial charge on any atom is 0.124 e. The Morgan fingerprint density at radius 1 is 1.26 bits per heavy atom. The third-order valence-corrected chi connectivity index (χ3v) is 4.53. The molecule has 0 radical (unpaired) electrons. The molecule has 1 aromatic carbocycles. The average molecular weight is 262 g/mol. The van der Waals surface area contributed by atoms with Gasteiger partial charge in [-0.25, -0.2) is 0 Å². The number of aliphatic hydroxyl groups is 1. The van der Waals surface area contributed by atoms with E-state index in [9.17, 15) is 5.11 Å². The standard InChI is InChI=1S/C17H26O2/c1-12-5-6-15(19-4)14(11-12)16(18)13-7-9-17(2,3)10-8-13/h5-6,11,13,16,18H,7-10H2,1-4H3. The number of ether oxygens (including phenoxy) is 1. The van der Waals surface area contributed by atoms with Crippen LogP contribution in [0.2, 0.25) is 0 Å². The van der Waals surface area contributed by atoms with Gasteiger partial charge in [0.1, 0.15) is 5.75 Å². The van der Waals surface area contributed by atoms with Crippen LogP contribution in [-0.2, 0) is 0 Å². The molecule has 1 saturated carbocycles. The highest BCUT2D eigenvalue weighted by molar-refractivity contribution is 5.38. The molecule has 0 saturated heterocycles. The topological polar surface area (TPSA) is 29.5 Å². The second kappa shape index (κ2) is 5.54. The molecule has 0 amide bonds. The van der Waals surface area contributed by atoms with Crippen molar-refractivity contribution in [2.75, 3.05) is 7.11 Å². The van der Waals surface area contributed by atoms with Crippen molar-refractivity contribution in [3.8, 4) is 5.75 Å². The molecule has 2 rings (SSSR count). The summed E-state index contributed by atoms with van der Waals surface area (Å²) in [4.78, 5) is 0. The van der Waals surface area contributed by atoms with Crippen LogP contribution in [0.1, 0.15) is 56.8 Å². The van der Waals surface area contributed by atoms with Crippen LogP contribution >= 0.6 is 0 Å². The smallest absolute Gasteiger partial charge is 0.124 e. The van der Waals surface area contributed by atoms with E-state index in [-0.39, 0.29) is 0 Å². The lowest BCUT2D eigenvalue weighted by atomic mass is 9.71. The number of methoxy groups -OCH3 is 1. The van der Waals surface area contributed by atoms with Gasteiger partial charge in [-0.1, -0.05) is 25.5 Å². The Balaban J connectivity index is 2.16. The Labute approximate surface area is 116 Å². The molecule has 2 heteroatoms. The van der Waals surface area contributed by atoms with Crippen LogP contribution in [0.25, 0.3) is 0 Å². The lowest BCUT2D eigenvalue weighted by molar-refractivity contribution is 0.0550. The second-order valence-corrected chi connectivity index (χ2v) is 6.69. The molecule has 1 unspecified atom stereocenters. The fourth-order valence-electron chi connectivity index (χ4n) is 3.08.